The fourth-order valence-corrected chi connectivity index (χ4v) is 18.8. The van der Waals surface area contributed by atoms with E-state index in [1.165, 1.54) is 26.8 Å². The highest BCUT2D eigenvalue weighted by atomic mass is 19.1. The van der Waals surface area contributed by atoms with Gasteiger partial charge < -0.3 is 44.2 Å². The Morgan fingerprint density at radius 2 is 0.796 bits per heavy atom. The van der Waals surface area contributed by atoms with E-state index in [2.05, 4.69) is 97.3 Å². The summed E-state index contributed by atoms with van der Waals surface area (Å²) in [5.74, 6) is 18.8. The molecule has 10 aliphatic rings. The number of amides is 9. The number of carbonyl (C=O) groups excluding carboxylic acids is 9. The number of piperidine rings is 3. The third kappa shape index (κ3) is 21.3. The van der Waals surface area contributed by atoms with E-state index in [-0.39, 0.29) is 93.4 Å². The Kier molecular flexibility index (Phi) is 28.2. The lowest BCUT2D eigenvalue weighted by molar-refractivity contribution is -0.138. The number of aromatic nitrogens is 8. The Morgan fingerprint density at radius 1 is 0.401 bits per heavy atom. The molecule has 0 saturated carbocycles. The van der Waals surface area contributed by atoms with E-state index in [1.54, 1.807) is 42.5 Å². The lowest BCUT2D eigenvalue weighted by Crippen LogP contribution is -2.52. The number of imide groups is 3. The van der Waals surface area contributed by atoms with Gasteiger partial charge in [-0.3, -0.25) is 64.3 Å². The first-order chi connectivity index (χ1) is 66.8. The van der Waals surface area contributed by atoms with Crippen LogP contribution in [0.3, 0.4) is 0 Å². The van der Waals surface area contributed by atoms with Gasteiger partial charge in [-0.05, 0) is 182 Å². The number of aliphatic hydroxyl groups excluding tert-OH is 1. The number of carbonyl (C=O) groups is 9. The Morgan fingerprint density at radius 3 is 1.20 bits per heavy atom. The number of cyclic esters (lactones) is 3. The normalized spacial score (nSPS) is 21.6. The number of imidazole rings is 2. The molecule has 700 valence electrons. The summed E-state index contributed by atoms with van der Waals surface area (Å²) in [6.45, 7) is 11.9. The molecule has 10 saturated heterocycles. The van der Waals surface area contributed by atoms with Gasteiger partial charge in [0.05, 0.1) is 62.0 Å². The molecule has 10 aliphatic heterocycles. The van der Waals surface area contributed by atoms with E-state index < -0.39 is 72.4 Å². The van der Waals surface area contributed by atoms with Gasteiger partial charge in [-0.15, -0.1) is 10.2 Å². The second-order valence-corrected chi connectivity index (χ2v) is 34.6. The summed E-state index contributed by atoms with van der Waals surface area (Å²) in [4.78, 5) is 142. The molecule has 33 nitrogen and oxygen atoms in total. The number of fused-ring (bicyclic) bond motifs is 2. The molecule has 10 fully saturated rings. The van der Waals surface area contributed by atoms with Crippen LogP contribution < -0.4 is 40.9 Å². The van der Waals surface area contributed by atoms with Gasteiger partial charge in [0.1, 0.15) is 89.3 Å². The molecule has 5 aromatic carbocycles. The molecule has 35 heteroatoms. The highest BCUT2D eigenvalue weighted by molar-refractivity contribution is 6.03. The zero-order valence-electron chi connectivity index (χ0n) is 75.2. The van der Waals surface area contributed by atoms with Crippen molar-refractivity contribution in [2.45, 2.75) is 126 Å². The highest BCUT2D eigenvalue weighted by Crippen LogP contribution is 2.40. The van der Waals surface area contributed by atoms with Crippen molar-refractivity contribution < 1.29 is 71.2 Å². The lowest BCUT2D eigenvalue weighted by atomic mass is 10.0. The largest absolute Gasteiger partial charge is 0.439 e. The van der Waals surface area contributed by atoms with Gasteiger partial charge in [-0.1, -0.05) is 115 Å². The molecule has 5 N–H and O–H groups in total. The monoisotopic (exact) mass is 1850 g/mol. The predicted molar refractivity (Wildman–Crippen MR) is 501 cm³/mol. The smallest absolute Gasteiger partial charge is 0.411 e. The summed E-state index contributed by atoms with van der Waals surface area (Å²) < 4.78 is 48.1. The van der Waals surface area contributed by atoms with Gasteiger partial charge in [0.15, 0.2) is 11.3 Å². The first kappa shape index (κ1) is 92.0. The molecule has 137 heavy (non-hydrogen) atoms. The van der Waals surface area contributed by atoms with Crippen LogP contribution in [0.2, 0.25) is 0 Å². The van der Waals surface area contributed by atoms with Gasteiger partial charge in [0, 0.05) is 108 Å². The van der Waals surface area contributed by atoms with Crippen LogP contribution in [0.4, 0.5) is 46.4 Å². The zero-order valence-corrected chi connectivity index (χ0v) is 75.2. The van der Waals surface area contributed by atoms with Crippen LogP contribution in [-0.2, 0) is 43.0 Å². The summed E-state index contributed by atoms with van der Waals surface area (Å²) >= 11 is 0. The minimum Gasteiger partial charge on any atom is -0.439 e. The second-order valence-electron chi connectivity index (χ2n) is 34.6. The minimum atomic E-state index is -0.708. The summed E-state index contributed by atoms with van der Waals surface area (Å²) in [5.41, 5.74) is 11.6. The Labute approximate surface area is 788 Å². The Bertz CT molecular complexity index is 6520. The predicted octanol–water partition coefficient (Wildman–Crippen LogP) is 10.5. The molecule has 9 amide bonds. The molecule has 8 atom stereocenters. The Hall–Kier alpha value is -15.5. The summed E-state index contributed by atoms with van der Waals surface area (Å²) in [6, 6.07) is 54.4. The number of halogens is 2. The molecular weight excluding hydrogens is 1750 g/mol. The van der Waals surface area contributed by atoms with E-state index >= 15 is 0 Å². The van der Waals surface area contributed by atoms with Crippen LogP contribution in [0.15, 0.2) is 194 Å². The van der Waals surface area contributed by atoms with Gasteiger partial charge >= 0.3 is 18.3 Å². The maximum absolute atomic E-state index is 14.1. The summed E-state index contributed by atoms with van der Waals surface area (Å²) in [5, 5.41) is 28.9. The van der Waals surface area contributed by atoms with Crippen molar-refractivity contribution in [3.8, 4) is 58.3 Å². The fourth-order valence-electron chi connectivity index (χ4n) is 18.8. The van der Waals surface area contributed by atoms with Crippen molar-refractivity contribution in [2.75, 3.05) is 118 Å². The first-order valence-electron chi connectivity index (χ1n) is 46.2. The minimum absolute atomic E-state index is 0.0617. The van der Waals surface area contributed by atoms with E-state index in [4.69, 9.17) is 39.5 Å². The van der Waals surface area contributed by atoms with Crippen molar-refractivity contribution >= 4 is 88.3 Å². The molecule has 16 heterocycles. The maximum Gasteiger partial charge on any atom is 0.411 e. The number of benzene rings is 5. The average Bonchev–Trinajstić information content (AvgIpc) is 1.67. The molecule has 11 aromatic rings. The number of hydrogen-bond acceptors (Lipinski definition) is 25. The second kappa shape index (κ2) is 42.0. The van der Waals surface area contributed by atoms with Gasteiger partial charge in [-0.25, -0.2) is 52.1 Å². The van der Waals surface area contributed by atoms with Crippen LogP contribution in [0.1, 0.15) is 152 Å². The van der Waals surface area contributed by atoms with E-state index in [9.17, 15) is 51.9 Å². The molecular formula is C102H100F2N20O13. The molecule has 6 aromatic heterocycles. The topological polar surface area (TPSA) is 362 Å². The molecule has 4 unspecified atom stereocenters. The number of nitrogens with zero attached hydrogens (tertiary/aromatic N) is 16. The number of piperazine rings is 2. The number of hydrogen-bond donors (Lipinski definition) is 5. The Balaban J connectivity index is 0.000000131. The standard InChI is InChI=1S/C42H40FN9O4.C25H26FN7.C18H18N2O4.C17H16N2O5/c43-31-10-2-8-29(25-31)33-12-5-19-50(33)39-16-15-37-44-26-35(52(37)47-39)32-11-3-13-38(45-32)49-22-20-48(21-23-49)18-4-7-28-6-1-9-30(24-28)36-27-51(42(55)56-36)34-14-17-40(53)46-41(34)54;26-19-5-1-4-18(16-19)21-7-3-13-32(21)25-10-9-23-28-17-22(33(23)30-25)20-6-2-8-24(29-20)31-14-11-27-12-15-31;1-2-3-5-12-6-4-7-13(10-12)15-11-20(18(23)24-15)14-8-9-16(21)19-17(14)22;20-8-2-4-11-3-1-5-12(9-11)14-10-19(17(23)24-14)13-6-7-15(21)18-16(13)22/h1-3,6,8-11,13,15-16,24-26,33-34,36H,5,12,14,17-23,27H2,(H,46,53,54);1-2,4-6,8-10,16-17,21,27H,3,7,11-15H2;4,6-7,10,14-15H,2,8-9,11H2,1H3,(H,19,21,22);1,3,5,9,13-14,20H,6-8,10H2,(H,18,21,22)/t33-,34?,36-;21-;14?,15-;/m111./s1. The lowest BCUT2D eigenvalue weighted by Gasteiger charge is -2.34. The van der Waals surface area contributed by atoms with Crippen molar-refractivity contribution in [1.29, 1.82) is 0 Å². The van der Waals surface area contributed by atoms with Crippen LogP contribution in [0, 0.1) is 47.2 Å². The maximum atomic E-state index is 14.1. The van der Waals surface area contributed by atoms with Crippen molar-refractivity contribution in [3.63, 3.8) is 0 Å². The van der Waals surface area contributed by atoms with E-state index in [1.807, 2.05) is 150 Å². The molecule has 21 rings (SSSR count). The fraction of sp³-hybridized carbons (Fsp3) is 0.343. The van der Waals surface area contributed by atoms with E-state index in [0.29, 0.717) is 24.9 Å². The quantitative estimate of drug-likeness (QED) is 0.0362. The molecule has 0 aliphatic carbocycles. The molecule has 0 spiro atoms. The number of anilines is 4. The molecule has 0 radical (unpaired) electrons. The van der Waals surface area contributed by atoms with Crippen LogP contribution >= 0.6 is 0 Å². The average molecular weight is 1850 g/mol. The van der Waals surface area contributed by atoms with Gasteiger partial charge in [-0.2, -0.15) is 0 Å². The third-order valence-electron chi connectivity index (χ3n) is 25.7. The van der Waals surface area contributed by atoms with Crippen molar-refractivity contribution in [2.24, 2.45) is 0 Å². The highest BCUT2D eigenvalue weighted by Gasteiger charge is 2.46. The van der Waals surface area contributed by atoms with Crippen molar-refractivity contribution in [1.82, 2.24) is 80.0 Å². The van der Waals surface area contributed by atoms with E-state index in [0.717, 1.165) is 194 Å². The summed E-state index contributed by atoms with van der Waals surface area (Å²) in [6.07, 6.45) is 6.83. The number of ether oxygens (including phenoxy) is 3. The number of pyridine rings is 2. The number of rotatable bonds is 15. The van der Waals surface area contributed by atoms with Gasteiger partial charge in [0.25, 0.3) is 0 Å². The third-order valence-corrected chi connectivity index (χ3v) is 25.7. The van der Waals surface area contributed by atoms with Crippen LogP contribution in [0.25, 0.3) is 34.1 Å². The van der Waals surface area contributed by atoms with Crippen LogP contribution in [0.5, 0.6) is 0 Å². The first-order valence-corrected chi connectivity index (χ1v) is 46.2. The summed E-state index contributed by atoms with van der Waals surface area (Å²) in [7, 11) is 0. The van der Waals surface area contributed by atoms with Gasteiger partial charge in [0.2, 0.25) is 35.4 Å². The SMILES string of the molecule is CCC#Cc1cccc([C@H]2CN(C3CCC(=O)NC3=O)C(=O)O2)c1.Fc1cccc([C@H]2CCCN2c2ccc3ncc(-c4cccc(N5CCNCC5)n4)n3n2)c1.O=C1CCC(N2CC(c3cccc(C#CCO)c3)OC2=O)C(=O)N1.O=C1CCC(N2C[C@H](c3cccc(C#CCN4CCN(c5cccc(-c6cnc7ccc(N8CCC[C@@H]8c8cccc(F)c8)nn67)n5)CC4)c3)OC2=O)C(=O)N1. The van der Waals surface area contributed by atoms with Crippen molar-refractivity contribution in [3.05, 3.63) is 251 Å². The number of nitrogens with one attached hydrogen (secondary N) is 4. The molecule has 0 bridgehead atoms. The van der Waals surface area contributed by atoms with Crippen LogP contribution in [-0.4, -0.2) is 234 Å². The number of aliphatic hydroxyl groups is 1. The zero-order chi connectivity index (χ0) is 94.6.